The average Bonchev–Trinajstić information content (AvgIpc) is 2.57. The van der Waals surface area contributed by atoms with Crippen molar-refractivity contribution >= 4 is 23.3 Å². The van der Waals surface area contributed by atoms with Crippen LogP contribution in [-0.4, -0.2) is 21.6 Å². The van der Waals surface area contributed by atoms with Crippen LogP contribution in [0, 0.1) is 17.0 Å². The van der Waals surface area contributed by atoms with E-state index in [9.17, 15) is 14.9 Å². The molecular weight excluding hydrogens is 372 g/mol. The molecule has 29 heavy (non-hydrogen) atoms. The number of carbonyl (C=O) groups excluding carboxylic acids is 1. The van der Waals surface area contributed by atoms with Crippen LogP contribution in [0.15, 0.2) is 36.4 Å². The molecular formula is C21H26N4O4. The van der Waals surface area contributed by atoms with Gasteiger partial charge in [-0.2, -0.15) is 0 Å². The van der Waals surface area contributed by atoms with Crippen molar-refractivity contribution < 1.29 is 14.5 Å². The van der Waals surface area contributed by atoms with Crippen LogP contribution in [0.1, 0.15) is 51.3 Å². The Morgan fingerprint density at radius 2 is 1.83 bits per heavy atom. The van der Waals surface area contributed by atoms with Gasteiger partial charge in [0.2, 0.25) is 5.82 Å². The van der Waals surface area contributed by atoms with Gasteiger partial charge in [-0.25, -0.2) is 9.78 Å². The Labute approximate surface area is 169 Å². The number of pyridine rings is 1. The fraction of sp³-hybridized carbons (Fsp3) is 0.429. The van der Waals surface area contributed by atoms with E-state index < -0.39 is 22.2 Å². The first-order valence-electron chi connectivity index (χ1n) is 9.59. The molecule has 1 aromatic heterocycles. The molecule has 2 N–H and O–H groups in total. The highest BCUT2D eigenvalue weighted by atomic mass is 16.6. The maximum Gasteiger partial charge on any atom is 0.408 e. The molecule has 1 amide bonds. The molecule has 8 nitrogen and oxygen atoms in total. The number of carbonyl (C=O) groups is 1. The second kappa shape index (κ2) is 7.69. The van der Waals surface area contributed by atoms with E-state index in [1.54, 1.807) is 13.0 Å². The first-order valence-corrected chi connectivity index (χ1v) is 9.59. The van der Waals surface area contributed by atoms with Crippen LogP contribution in [0.25, 0.3) is 0 Å². The number of alkyl carbamates (subject to hydrolysis) is 1. The Balaban J connectivity index is 1.77. The van der Waals surface area contributed by atoms with Crippen molar-refractivity contribution in [1.29, 1.82) is 0 Å². The number of amides is 1. The standard InChI is InChI=1S/C21H26N4O4/c1-14-6-11-17(25(27)28)18(22-14)23-16-9-7-15(8-10-16)21(12-5-13-21)24-19(26)29-20(2,3)4/h6-11H,5,12-13H2,1-4H3,(H,22,23)(H,24,26). The lowest BCUT2D eigenvalue weighted by molar-refractivity contribution is -0.384. The second-order valence-electron chi connectivity index (χ2n) is 8.34. The van der Waals surface area contributed by atoms with Crippen LogP contribution in [0.2, 0.25) is 0 Å². The zero-order valence-corrected chi connectivity index (χ0v) is 17.1. The normalized spacial score (nSPS) is 15.2. The molecule has 1 saturated carbocycles. The number of nitro groups is 1. The maximum absolute atomic E-state index is 12.3. The van der Waals surface area contributed by atoms with Gasteiger partial charge in [0.1, 0.15) is 5.60 Å². The number of benzene rings is 1. The Hall–Kier alpha value is -3.16. The number of aryl methyl sites for hydroxylation is 1. The lowest BCUT2D eigenvalue weighted by atomic mass is 9.72. The lowest BCUT2D eigenvalue weighted by Crippen LogP contribution is -2.52. The molecule has 0 bridgehead atoms. The predicted molar refractivity (Wildman–Crippen MR) is 110 cm³/mol. The van der Waals surface area contributed by atoms with Gasteiger partial charge >= 0.3 is 11.8 Å². The minimum Gasteiger partial charge on any atom is -0.444 e. The van der Waals surface area contributed by atoms with E-state index in [0.29, 0.717) is 11.4 Å². The number of ether oxygens (including phenoxy) is 1. The maximum atomic E-state index is 12.3. The first-order chi connectivity index (χ1) is 13.6. The molecule has 1 heterocycles. The molecule has 0 radical (unpaired) electrons. The molecule has 1 aliphatic carbocycles. The van der Waals surface area contributed by atoms with E-state index in [4.69, 9.17) is 4.74 Å². The number of hydrogen-bond donors (Lipinski definition) is 2. The van der Waals surface area contributed by atoms with E-state index in [1.807, 2.05) is 45.0 Å². The van der Waals surface area contributed by atoms with Gasteiger partial charge in [-0.3, -0.25) is 10.1 Å². The van der Waals surface area contributed by atoms with E-state index >= 15 is 0 Å². The van der Waals surface area contributed by atoms with Crippen LogP contribution in [0.4, 0.5) is 22.0 Å². The first kappa shape index (κ1) is 20.6. The van der Waals surface area contributed by atoms with E-state index in [2.05, 4.69) is 15.6 Å². The minimum absolute atomic E-state index is 0.0817. The Kier molecular flexibility index (Phi) is 5.46. The number of nitrogens with zero attached hydrogens (tertiary/aromatic N) is 2. The molecule has 0 atom stereocenters. The summed E-state index contributed by atoms with van der Waals surface area (Å²) in [5.41, 5.74) is 1.27. The third kappa shape index (κ3) is 4.82. The monoisotopic (exact) mass is 398 g/mol. The summed E-state index contributed by atoms with van der Waals surface area (Å²) in [6.45, 7) is 7.28. The quantitative estimate of drug-likeness (QED) is 0.545. The van der Waals surface area contributed by atoms with Crippen LogP contribution in [0.5, 0.6) is 0 Å². The van der Waals surface area contributed by atoms with Crippen LogP contribution in [-0.2, 0) is 10.3 Å². The summed E-state index contributed by atoms with van der Waals surface area (Å²) in [5.74, 6) is 0.202. The molecule has 0 unspecified atom stereocenters. The Bertz CT molecular complexity index is 915. The van der Waals surface area contributed by atoms with Gasteiger partial charge in [-0.05, 0) is 70.7 Å². The van der Waals surface area contributed by atoms with Crippen molar-refractivity contribution in [3.05, 3.63) is 57.8 Å². The highest BCUT2D eigenvalue weighted by Gasteiger charge is 2.41. The fourth-order valence-corrected chi connectivity index (χ4v) is 3.31. The van der Waals surface area contributed by atoms with Gasteiger partial charge in [0.05, 0.1) is 10.5 Å². The van der Waals surface area contributed by atoms with Gasteiger partial charge < -0.3 is 15.4 Å². The van der Waals surface area contributed by atoms with Gasteiger partial charge in [0.25, 0.3) is 0 Å². The van der Waals surface area contributed by atoms with E-state index in [1.165, 1.54) is 6.07 Å². The molecule has 3 rings (SSSR count). The molecule has 8 heteroatoms. The van der Waals surface area contributed by atoms with Gasteiger partial charge in [-0.1, -0.05) is 12.1 Å². The predicted octanol–water partition coefficient (Wildman–Crippen LogP) is 4.95. The summed E-state index contributed by atoms with van der Waals surface area (Å²) in [7, 11) is 0. The van der Waals surface area contributed by atoms with Crippen LogP contribution >= 0.6 is 0 Å². The zero-order valence-electron chi connectivity index (χ0n) is 17.1. The molecule has 0 saturated heterocycles. The Morgan fingerprint density at radius 1 is 1.17 bits per heavy atom. The number of hydrogen-bond acceptors (Lipinski definition) is 6. The lowest BCUT2D eigenvalue weighted by Gasteiger charge is -2.43. The van der Waals surface area contributed by atoms with Crippen molar-refractivity contribution in [2.75, 3.05) is 5.32 Å². The SMILES string of the molecule is Cc1ccc([N+](=O)[O-])c(Nc2ccc(C3(NC(=O)OC(C)(C)C)CCC3)cc2)n1. The molecule has 1 fully saturated rings. The summed E-state index contributed by atoms with van der Waals surface area (Å²) >= 11 is 0. The number of rotatable bonds is 5. The van der Waals surface area contributed by atoms with Crippen molar-refractivity contribution in [3.63, 3.8) is 0 Å². The summed E-state index contributed by atoms with van der Waals surface area (Å²) in [4.78, 5) is 27.3. The van der Waals surface area contributed by atoms with Crippen molar-refractivity contribution in [2.45, 2.75) is 58.1 Å². The second-order valence-corrected chi connectivity index (χ2v) is 8.34. The highest BCUT2D eigenvalue weighted by Crippen LogP contribution is 2.42. The summed E-state index contributed by atoms with van der Waals surface area (Å²) in [6.07, 6.45) is 2.27. The van der Waals surface area contributed by atoms with Crippen LogP contribution < -0.4 is 10.6 Å². The topological polar surface area (TPSA) is 106 Å². The Morgan fingerprint density at radius 3 is 2.34 bits per heavy atom. The number of nitrogens with one attached hydrogen (secondary N) is 2. The minimum atomic E-state index is -0.557. The highest BCUT2D eigenvalue weighted by molar-refractivity contribution is 5.70. The van der Waals surface area contributed by atoms with Crippen LogP contribution in [0.3, 0.4) is 0 Å². The third-order valence-corrected chi connectivity index (χ3v) is 4.86. The summed E-state index contributed by atoms with van der Waals surface area (Å²) < 4.78 is 5.41. The summed E-state index contributed by atoms with van der Waals surface area (Å²) in [6, 6.07) is 10.5. The molecule has 1 aromatic carbocycles. The van der Waals surface area contributed by atoms with Crippen molar-refractivity contribution in [1.82, 2.24) is 10.3 Å². The molecule has 0 aliphatic heterocycles. The summed E-state index contributed by atoms with van der Waals surface area (Å²) in [5, 5.41) is 17.3. The van der Waals surface area contributed by atoms with Crippen molar-refractivity contribution in [3.8, 4) is 0 Å². The largest absolute Gasteiger partial charge is 0.444 e. The molecule has 154 valence electrons. The van der Waals surface area contributed by atoms with Crippen molar-refractivity contribution in [2.24, 2.45) is 0 Å². The molecule has 2 aromatic rings. The van der Waals surface area contributed by atoms with Gasteiger partial charge in [-0.15, -0.1) is 0 Å². The molecule has 1 aliphatic rings. The van der Waals surface area contributed by atoms with E-state index in [0.717, 1.165) is 24.8 Å². The average molecular weight is 398 g/mol. The van der Waals surface area contributed by atoms with Gasteiger partial charge in [0, 0.05) is 17.4 Å². The fourth-order valence-electron chi connectivity index (χ4n) is 3.31. The van der Waals surface area contributed by atoms with Gasteiger partial charge in [0.15, 0.2) is 0 Å². The third-order valence-electron chi connectivity index (χ3n) is 4.86. The smallest absolute Gasteiger partial charge is 0.408 e. The molecule has 0 spiro atoms. The number of anilines is 2. The van der Waals surface area contributed by atoms with E-state index in [-0.39, 0.29) is 11.5 Å². The number of aromatic nitrogens is 1. The zero-order chi connectivity index (χ0) is 21.2.